The first-order valence-corrected chi connectivity index (χ1v) is 10.8. The lowest BCUT2D eigenvalue weighted by atomic mass is 9.86. The van der Waals surface area contributed by atoms with E-state index in [9.17, 15) is 9.59 Å². The molecule has 1 aliphatic rings. The predicted molar refractivity (Wildman–Crippen MR) is 119 cm³/mol. The first-order valence-electron chi connectivity index (χ1n) is 10.8. The quantitative estimate of drug-likeness (QED) is 0.507. The Balaban J connectivity index is 1.43. The molecule has 164 valence electrons. The zero-order valence-electron chi connectivity index (χ0n) is 18.1. The van der Waals surface area contributed by atoms with Gasteiger partial charge in [0.15, 0.2) is 6.10 Å². The summed E-state index contributed by atoms with van der Waals surface area (Å²) < 4.78 is 11.0. The molecule has 1 aromatic carbocycles. The highest BCUT2D eigenvalue weighted by molar-refractivity contribution is 5.90. The molecule has 1 N–H and O–H groups in total. The minimum absolute atomic E-state index is 0.163. The lowest BCUT2D eigenvalue weighted by molar-refractivity contribution is -0.150. The van der Waals surface area contributed by atoms with Crippen molar-refractivity contribution in [2.75, 3.05) is 0 Å². The molecule has 3 atom stereocenters. The van der Waals surface area contributed by atoms with Crippen molar-refractivity contribution in [3.8, 4) is 5.75 Å². The highest BCUT2D eigenvalue weighted by Gasteiger charge is 2.25. The molecule has 1 heterocycles. The minimum Gasteiger partial charge on any atom is -0.487 e. The smallest absolute Gasteiger partial charge is 0.331 e. The monoisotopic (exact) mass is 422 g/mol. The highest BCUT2D eigenvalue weighted by Crippen LogP contribution is 2.23. The number of carbonyl (C=O) groups is 2. The van der Waals surface area contributed by atoms with Crippen LogP contribution in [0.25, 0.3) is 6.08 Å². The summed E-state index contributed by atoms with van der Waals surface area (Å²) in [6.07, 6.45) is 8.32. The number of esters is 1. The Morgan fingerprint density at radius 1 is 1.16 bits per heavy atom. The molecular formula is C25H30N2O4. The summed E-state index contributed by atoms with van der Waals surface area (Å²) in [6.45, 7) is 4.14. The topological polar surface area (TPSA) is 77.5 Å². The van der Waals surface area contributed by atoms with Gasteiger partial charge >= 0.3 is 5.97 Å². The van der Waals surface area contributed by atoms with E-state index in [1.807, 2.05) is 42.5 Å². The van der Waals surface area contributed by atoms with E-state index in [2.05, 4.69) is 17.2 Å². The largest absolute Gasteiger partial charge is 0.487 e. The number of pyridine rings is 1. The number of nitrogens with one attached hydrogen (secondary N) is 1. The number of carbonyl (C=O) groups excluding carboxylic acids is 2. The second-order valence-corrected chi connectivity index (χ2v) is 7.97. The summed E-state index contributed by atoms with van der Waals surface area (Å²) in [5.41, 5.74) is 1.68. The van der Waals surface area contributed by atoms with Crippen LogP contribution in [-0.4, -0.2) is 29.0 Å². The fraction of sp³-hybridized carbons (Fsp3) is 0.400. The number of hydrogen-bond acceptors (Lipinski definition) is 5. The molecule has 1 aromatic heterocycles. The number of ether oxygens (including phenoxy) is 2. The van der Waals surface area contributed by atoms with Crippen molar-refractivity contribution in [3.05, 3.63) is 66.0 Å². The summed E-state index contributed by atoms with van der Waals surface area (Å²) in [6, 6.07) is 13.2. The van der Waals surface area contributed by atoms with Crippen molar-refractivity contribution in [2.24, 2.45) is 5.92 Å². The van der Waals surface area contributed by atoms with E-state index in [1.165, 1.54) is 12.5 Å². The van der Waals surface area contributed by atoms with Crippen LogP contribution in [0.5, 0.6) is 5.75 Å². The van der Waals surface area contributed by atoms with Gasteiger partial charge in [0, 0.05) is 18.3 Å². The summed E-state index contributed by atoms with van der Waals surface area (Å²) in [7, 11) is 0. The van der Waals surface area contributed by atoms with Crippen LogP contribution in [0.1, 0.15) is 50.8 Å². The fourth-order valence-electron chi connectivity index (χ4n) is 3.58. The van der Waals surface area contributed by atoms with Crippen molar-refractivity contribution >= 4 is 18.0 Å². The van der Waals surface area contributed by atoms with Gasteiger partial charge in [-0.1, -0.05) is 38.0 Å². The van der Waals surface area contributed by atoms with Gasteiger partial charge in [0.1, 0.15) is 12.4 Å². The molecule has 6 nitrogen and oxygen atoms in total. The molecular weight excluding hydrogens is 392 g/mol. The molecule has 0 saturated heterocycles. The average molecular weight is 423 g/mol. The van der Waals surface area contributed by atoms with Gasteiger partial charge in [0.2, 0.25) is 0 Å². The van der Waals surface area contributed by atoms with Crippen LogP contribution in [0, 0.1) is 5.92 Å². The van der Waals surface area contributed by atoms with Crippen molar-refractivity contribution in [1.82, 2.24) is 10.3 Å². The van der Waals surface area contributed by atoms with Crippen LogP contribution in [0.3, 0.4) is 0 Å². The molecule has 3 unspecified atom stereocenters. The maximum atomic E-state index is 12.3. The zero-order valence-corrected chi connectivity index (χ0v) is 18.1. The molecule has 0 spiro atoms. The van der Waals surface area contributed by atoms with E-state index in [4.69, 9.17) is 9.47 Å². The Hall–Kier alpha value is -3.15. The van der Waals surface area contributed by atoms with Crippen molar-refractivity contribution in [1.29, 1.82) is 0 Å². The van der Waals surface area contributed by atoms with Crippen molar-refractivity contribution < 1.29 is 19.1 Å². The van der Waals surface area contributed by atoms with Crippen LogP contribution in [0.2, 0.25) is 0 Å². The molecule has 0 radical (unpaired) electrons. The van der Waals surface area contributed by atoms with E-state index in [0.29, 0.717) is 18.3 Å². The van der Waals surface area contributed by atoms with Gasteiger partial charge in [0.05, 0.1) is 5.69 Å². The number of amides is 1. The molecule has 1 saturated carbocycles. The van der Waals surface area contributed by atoms with Gasteiger partial charge in [-0.2, -0.15) is 0 Å². The number of hydrogen-bond donors (Lipinski definition) is 1. The Labute approximate surface area is 183 Å². The summed E-state index contributed by atoms with van der Waals surface area (Å²) in [4.78, 5) is 28.6. The molecule has 1 fully saturated rings. The minimum atomic E-state index is -0.825. The third kappa shape index (κ3) is 7.24. The molecule has 0 bridgehead atoms. The predicted octanol–water partition coefficient (Wildman–Crippen LogP) is 4.30. The van der Waals surface area contributed by atoms with Gasteiger partial charge in [-0.3, -0.25) is 9.78 Å². The highest BCUT2D eigenvalue weighted by atomic mass is 16.5. The maximum Gasteiger partial charge on any atom is 0.331 e. The second kappa shape index (κ2) is 11.3. The first kappa shape index (κ1) is 22.5. The number of rotatable bonds is 8. The van der Waals surface area contributed by atoms with E-state index >= 15 is 0 Å². The molecule has 0 aliphatic heterocycles. The average Bonchev–Trinajstić information content (AvgIpc) is 2.79. The van der Waals surface area contributed by atoms with Gasteiger partial charge in [-0.25, -0.2) is 4.79 Å². The molecule has 1 aliphatic carbocycles. The number of benzene rings is 1. The Bertz CT molecular complexity index is 880. The summed E-state index contributed by atoms with van der Waals surface area (Å²) in [5.74, 6) is 0.383. The number of nitrogens with zero attached hydrogens (tertiary/aromatic N) is 1. The molecule has 1 amide bonds. The Morgan fingerprint density at radius 3 is 2.65 bits per heavy atom. The number of aromatic nitrogens is 1. The fourth-order valence-corrected chi connectivity index (χ4v) is 3.58. The van der Waals surface area contributed by atoms with E-state index in [1.54, 1.807) is 19.2 Å². The van der Waals surface area contributed by atoms with Crippen LogP contribution in [0.4, 0.5) is 0 Å². The third-order valence-electron chi connectivity index (χ3n) is 5.51. The van der Waals surface area contributed by atoms with Gasteiger partial charge < -0.3 is 14.8 Å². The zero-order chi connectivity index (χ0) is 22.1. The summed E-state index contributed by atoms with van der Waals surface area (Å²) >= 11 is 0. The van der Waals surface area contributed by atoms with Gasteiger partial charge in [0.25, 0.3) is 5.91 Å². The maximum absolute atomic E-state index is 12.3. The lowest BCUT2D eigenvalue weighted by Gasteiger charge is -2.30. The normalized spacial score (nSPS) is 19.5. The first-order chi connectivity index (χ1) is 15.0. The summed E-state index contributed by atoms with van der Waals surface area (Å²) in [5, 5.41) is 3.02. The molecule has 3 rings (SSSR count). The van der Waals surface area contributed by atoms with Crippen LogP contribution in [-0.2, 0) is 20.9 Å². The third-order valence-corrected chi connectivity index (χ3v) is 5.51. The van der Waals surface area contributed by atoms with Gasteiger partial charge in [-0.05, 0) is 61.6 Å². The molecule has 6 heteroatoms. The van der Waals surface area contributed by atoms with Crippen LogP contribution in [0.15, 0.2) is 54.7 Å². The molecule has 2 aromatic rings. The van der Waals surface area contributed by atoms with E-state index < -0.39 is 12.1 Å². The standard InChI is InChI=1S/C25H30N2O4/c1-18-7-3-4-9-23(18)27-25(29)19(2)31-24(28)15-12-20-10-13-22(14-11-20)30-17-21-8-5-6-16-26-21/h5-6,8,10-16,18-19,23H,3-4,7,9,17H2,1-2H3,(H,27,29)/b15-12+. The lowest BCUT2D eigenvalue weighted by Crippen LogP contribution is -2.45. The van der Waals surface area contributed by atoms with Crippen LogP contribution < -0.4 is 10.1 Å². The molecule has 31 heavy (non-hydrogen) atoms. The van der Waals surface area contributed by atoms with Crippen molar-refractivity contribution in [2.45, 2.75) is 58.3 Å². The van der Waals surface area contributed by atoms with Gasteiger partial charge in [-0.15, -0.1) is 0 Å². The Kier molecular flexibility index (Phi) is 8.21. The van der Waals surface area contributed by atoms with E-state index in [-0.39, 0.29) is 11.9 Å². The van der Waals surface area contributed by atoms with E-state index in [0.717, 1.165) is 30.5 Å². The Morgan fingerprint density at radius 2 is 1.94 bits per heavy atom. The van der Waals surface area contributed by atoms with Crippen molar-refractivity contribution in [3.63, 3.8) is 0 Å². The van der Waals surface area contributed by atoms with Crippen LogP contribution >= 0.6 is 0 Å². The SMILES string of the molecule is CC(OC(=O)/C=C/c1ccc(OCc2ccccn2)cc1)C(=O)NC1CCCCC1C. The second-order valence-electron chi connectivity index (χ2n) is 7.97.